The Morgan fingerprint density at radius 1 is 0.935 bits per heavy atom. The van der Waals surface area contributed by atoms with Crippen LogP contribution in [0, 0.1) is 0 Å². The molecule has 0 unspecified atom stereocenters. The number of nitrogens with zero attached hydrogens (tertiary/aromatic N) is 2. The smallest absolute Gasteiger partial charge is 0.128 e. The number of likely N-dealkylation sites (tertiary alicyclic amines) is 1. The number of benzene rings is 1. The first kappa shape index (κ1) is 23.8. The van der Waals surface area contributed by atoms with Gasteiger partial charge in [-0.25, -0.2) is 0 Å². The summed E-state index contributed by atoms with van der Waals surface area (Å²) in [5.74, 6) is 1.04. The lowest BCUT2D eigenvalue weighted by Gasteiger charge is -2.43. The molecule has 3 heteroatoms. The van der Waals surface area contributed by atoms with E-state index in [0.717, 1.165) is 37.1 Å². The van der Waals surface area contributed by atoms with Crippen molar-refractivity contribution < 1.29 is 4.74 Å². The van der Waals surface area contributed by atoms with Crippen LogP contribution >= 0.6 is 0 Å². The van der Waals surface area contributed by atoms with Gasteiger partial charge in [0.25, 0.3) is 0 Å². The van der Waals surface area contributed by atoms with Gasteiger partial charge >= 0.3 is 0 Å². The second-order valence-corrected chi connectivity index (χ2v) is 8.88. The minimum absolute atomic E-state index is 0.0356. The summed E-state index contributed by atoms with van der Waals surface area (Å²) in [5.41, 5.74) is 6.44. The highest BCUT2D eigenvalue weighted by Crippen LogP contribution is 2.45. The Hall–Kier alpha value is -1.87. The lowest BCUT2D eigenvalue weighted by Crippen LogP contribution is -2.45. The van der Waals surface area contributed by atoms with Crippen LogP contribution in [0.3, 0.4) is 0 Å². The van der Waals surface area contributed by atoms with Gasteiger partial charge < -0.3 is 4.74 Å². The molecule has 3 nitrogen and oxygen atoms in total. The highest BCUT2D eigenvalue weighted by Gasteiger charge is 2.40. The number of aryl methyl sites for hydroxylation is 2. The van der Waals surface area contributed by atoms with Crippen molar-refractivity contribution in [3.8, 4) is 17.0 Å². The van der Waals surface area contributed by atoms with Crippen molar-refractivity contribution >= 4 is 0 Å². The van der Waals surface area contributed by atoms with Gasteiger partial charge in [0.1, 0.15) is 5.75 Å². The lowest BCUT2D eigenvalue weighted by molar-refractivity contribution is 0.0871. The van der Waals surface area contributed by atoms with E-state index in [0.29, 0.717) is 6.61 Å². The van der Waals surface area contributed by atoms with Crippen molar-refractivity contribution in [1.82, 2.24) is 9.88 Å². The topological polar surface area (TPSA) is 25.4 Å². The van der Waals surface area contributed by atoms with E-state index < -0.39 is 0 Å². The van der Waals surface area contributed by atoms with E-state index in [1.165, 1.54) is 61.0 Å². The average Bonchev–Trinajstić information content (AvgIpc) is 3.34. The molecule has 0 atom stereocenters. The van der Waals surface area contributed by atoms with Crippen LogP contribution in [-0.2, 0) is 18.4 Å². The predicted octanol–water partition coefficient (Wildman–Crippen LogP) is 7.16. The fourth-order valence-electron chi connectivity index (χ4n) is 5.62. The van der Waals surface area contributed by atoms with E-state index in [1.807, 2.05) is 0 Å². The maximum atomic E-state index is 6.34. The van der Waals surface area contributed by atoms with Gasteiger partial charge in [0, 0.05) is 23.4 Å². The molecule has 31 heavy (non-hydrogen) atoms. The molecule has 170 valence electrons. The first-order chi connectivity index (χ1) is 15.1. The van der Waals surface area contributed by atoms with Crippen molar-refractivity contribution in [1.29, 1.82) is 0 Å². The van der Waals surface area contributed by atoms with Crippen LogP contribution in [0.15, 0.2) is 30.5 Å². The molecule has 1 aliphatic heterocycles. The Kier molecular flexibility index (Phi) is 8.54. The largest absolute Gasteiger partial charge is 0.493 e. The van der Waals surface area contributed by atoms with Crippen molar-refractivity contribution in [2.75, 3.05) is 19.7 Å². The van der Waals surface area contributed by atoms with E-state index >= 15 is 0 Å². The van der Waals surface area contributed by atoms with Gasteiger partial charge in [-0.3, -0.25) is 9.88 Å². The molecule has 0 radical (unpaired) electrons. The highest BCUT2D eigenvalue weighted by atomic mass is 16.5. The molecular weight excluding hydrogens is 380 g/mol. The van der Waals surface area contributed by atoms with Gasteiger partial charge in [-0.05, 0) is 69.7 Å². The predicted molar refractivity (Wildman–Crippen MR) is 132 cm³/mol. The van der Waals surface area contributed by atoms with Gasteiger partial charge in [-0.1, -0.05) is 58.7 Å². The number of pyridine rings is 1. The summed E-state index contributed by atoms with van der Waals surface area (Å²) in [6.07, 6.45) is 11.4. The minimum Gasteiger partial charge on any atom is -0.493 e. The van der Waals surface area contributed by atoms with Crippen LogP contribution in [0.25, 0.3) is 11.3 Å². The quantitative estimate of drug-likeness (QED) is 0.384. The first-order valence-corrected chi connectivity index (χ1v) is 12.6. The van der Waals surface area contributed by atoms with Crippen LogP contribution in [0.1, 0.15) is 89.8 Å². The molecule has 0 amide bonds. The SMILES string of the molecule is CCCC(CCC)(c1cnc(-c2c(CC)cccc2CC)cc1OCC)N1CCCC1. The van der Waals surface area contributed by atoms with E-state index in [-0.39, 0.29) is 5.54 Å². The van der Waals surface area contributed by atoms with Crippen LogP contribution in [0.2, 0.25) is 0 Å². The zero-order valence-corrected chi connectivity index (χ0v) is 20.5. The standard InChI is InChI=1S/C28H42N2O/c1-6-16-28(17-7-2,30-18-11-12-19-30)24-21-29-25(20-26(24)31-10-5)27-22(8-3)14-13-15-23(27)9-4/h13-15,20-21H,6-12,16-19H2,1-5H3. The molecule has 0 spiro atoms. The number of hydrogen-bond acceptors (Lipinski definition) is 3. The third-order valence-electron chi connectivity index (χ3n) is 6.96. The Morgan fingerprint density at radius 2 is 1.55 bits per heavy atom. The maximum Gasteiger partial charge on any atom is 0.128 e. The van der Waals surface area contributed by atoms with Gasteiger partial charge in [0.2, 0.25) is 0 Å². The molecule has 0 N–H and O–H groups in total. The molecule has 0 bridgehead atoms. The van der Waals surface area contributed by atoms with E-state index in [2.05, 4.69) is 70.0 Å². The Balaban J connectivity index is 2.18. The van der Waals surface area contributed by atoms with Crippen molar-refractivity contribution in [3.05, 3.63) is 47.2 Å². The van der Waals surface area contributed by atoms with E-state index in [1.54, 1.807) is 0 Å². The third kappa shape index (κ3) is 4.82. The second-order valence-electron chi connectivity index (χ2n) is 8.88. The number of rotatable bonds is 11. The Bertz CT molecular complexity index is 811. The van der Waals surface area contributed by atoms with Crippen LogP contribution < -0.4 is 4.74 Å². The fourth-order valence-corrected chi connectivity index (χ4v) is 5.62. The summed E-state index contributed by atoms with van der Waals surface area (Å²) < 4.78 is 6.34. The van der Waals surface area contributed by atoms with Crippen molar-refractivity contribution in [2.45, 2.75) is 91.5 Å². The second kappa shape index (κ2) is 11.1. The molecule has 3 rings (SSSR count). The summed E-state index contributed by atoms with van der Waals surface area (Å²) in [7, 11) is 0. The zero-order valence-electron chi connectivity index (χ0n) is 20.5. The molecule has 1 aromatic carbocycles. The first-order valence-electron chi connectivity index (χ1n) is 12.6. The molecule has 1 fully saturated rings. The number of hydrogen-bond donors (Lipinski definition) is 0. The summed E-state index contributed by atoms with van der Waals surface area (Å²) in [6, 6.07) is 8.91. The Labute approximate surface area is 190 Å². The summed E-state index contributed by atoms with van der Waals surface area (Å²) in [6.45, 7) is 14.2. The van der Waals surface area contributed by atoms with Crippen LogP contribution in [0.5, 0.6) is 5.75 Å². The molecule has 0 aliphatic carbocycles. The van der Waals surface area contributed by atoms with E-state index in [4.69, 9.17) is 9.72 Å². The van der Waals surface area contributed by atoms with E-state index in [9.17, 15) is 0 Å². The normalized spacial score (nSPS) is 14.9. The summed E-state index contributed by atoms with van der Waals surface area (Å²) in [4.78, 5) is 7.84. The fraction of sp³-hybridized carbons (Fsp3) is 0.607. The minimum atomic E-state index is 0.0356. The summed E-state index contributed by atoms with van der Waals surface area (Å²) in [5, 5.41) is 0. The van der Waals surface area contributed by atoms with Gasteiger partial charge in [0.05, 0.1) is 17.8 Å². The monoisotopic (exact) mass is 422 g/mol. The van der Waals surface area contributed by atoms with Gasteiger partial charge in [-0.15, -0.1) is 0 Å². The number of ether oxygens (including phenoxy) is 1. The molecule has 2 aromatic rings. The molecular formula is C28H42N2O. The lowest BCUT2D eigenvalue weighted by atomic mass is 9.80. The zero-order chi connectivity index (χ0) is 22.3. The van der Waals surface area contributed by atoms with Gasteiger partial charge in [-0.2, -0.15) is 0 Å². The third-order valence-corrected chi connectivity index (χ3v) is 6.96. The van der Waals surface area contributed by atoms with Crippen molar-refractivity contribution in [3.63, 3.8) is 0 Å². The maximum absolute atomic E-state index is 6.34. The molecule has 2 heterocycles. The Morgan fingerprint density at radius 3 is 2.06 bits per heavy atom. The van der Waals surface area contributed by atoms with Crippen LogP contribution in [-0.4, -0.2) is 29.6 Å². The number of aromatic nitrogens is 1. The molecule has 1 aliphatic rings. The molecule has 1 saturated heterocycles. The average molecular weight is 423 g/mol. The van der Waals surface area contributed by atoms with Crippen LogP contribution in [0.4, 0.5) is 0 Å². The van der Waals surface area contributed by atoms with Gasteiger partial charge in [0.15, 0.2) is 0 Å². The van der Waals surface area contributed by atoms with Crippen molar-refractivity contribution in [2.24, 2.45) is 0 Å². The summed E-state index contributed by atoms with van der Waals surface area (Å²) >= 11 is 0. The molecule has 0 saturated carbocycles. The highest BCUT2D eigenvalue weighted by molar-refractivity contribution is 5.70. The molecule has 1 aromatic heterocycles.